The Labute approximate surface area is 107 Å². The van der Waals surface area contributed by atoms with Crippen LogP contribution in [0, 0.1) is 6.92 Å². The Morgan fingerprint density at radius 3 is 3.00 bits per heavy atom. The number of carboxylic acid groups (broad SMARTS) is 1. The van der Waals surface area contributed by atoms with Gasteiger partial charge in [0.2, 0.25) is 0 Å². The van der Waals surface area contributed by atoms with E-state index in [0.29, 0.717) is 12.2 Å². The number of thiazole rings is 1. The largest absolute Gasteiger partial charge is 0.480 e. The summed E-state index contributed by atoms with van der Waals surface area (Å²) in [6.45, 7) is 2.46. The number of carbonyl (C=O) groups is 1. The maximum absolute atomic E-state index is 10.6. The van der Waals surface area contributed by atoms with E-state index in [0.717, 1.165) is 10.7 Å². The van der Waals surface area contributed by atoms with Crippen molar-refractivity contribution in [3.05, 3.63) is 28.0 Å². The molecule has 0 bridgehead atoms. The van der Waals surface area contributed by atoms with Gasteiger partial charge in [0.1, 0.15) is 6.04 Å². The second-order valence-electron chi connectivity index (χ2n) is 3.91. The van der Waals surface area contributed by atoms with E-state index >= 15 is 0 Å². The Hall–Kier alpha value is -1.80. The highest BCUT2D eigenvalue weighted by atomic mass is 32.1. The molecule has 2 aromatic heterocycles. The first-order chi connectivity index (χ1) is 8.54. The molecule has 96 valence electrons. The van der Waals surface area contributed by atoms with Gasteiger partial charge < -0.3 is 10.8 Å². The van der Waals surface area contributed by atoms with E-state index in [1.165, 1.54) is 0 Å². The highest BCUT2D eigenvalue weighted by molar-refractivity contribution is 7.09. The topological polar surface area (TPSA) is 107 Å². The van der Waals surface area contributed by atoms with E-state index in [9.17, 15) is 4.79 Å². The molecule has 2 rings (SSSR count). The van der Waals surface area contributed by atoms with Crippen LogP contribution in [0.1, 0.15) is 16.4 Å². The van der Waals surface area contributed by atoms with Crippen molar-refractivity contribution in [1.29, 1.82) is 0 Å². The average molecular weight is 267 g/mol. The lowest BCUT2D eigenvalue weighted by Gasteiger charge is -2.01. The van der Waals surface area contributed by atoms with Crippen molar-refractivity contribution in [2.75, 3.05) is 0 Å². The van der Waals surface area contributed by atoms with Gasteiger partial charge in [-0.25, -0.2) is 9.67 Å². The summed E-state index contributed by atoms with van der Waals surface area (Å²) < 4.78 is 1.62. The molecule has 0 aromatic carbocycles. The summed E-state index contributed by atoms with van der Waals surface area (Å²) >= 11 is 1.57. The van der Waals surface area contributed by atoms with Crippen molar-refractivity contribution in [2.45, 2.75) is 25.9 Å². The van der Waals surface area contributed by atoms with Gasteiger partial charge in [-0.2, -0.15) is 0 Å². The standard InChI is InChI=1S/C10H13N5O2S/c1-6-12-8(5-18-6)4-15-3-7(13-14-15)2-9(11)10(16)17/h3,5,9H,2,4,11H2,1H3,(H,16,17). The number of rotatable bonds is 5. The van der Waals surface area contributed by atoms with Gasteiger partial charge in [-0.05, 0) is 6.92 Å². The maximum atomic E-state index is 10.6. The lowest BCUT2D eigenvalue weighted by Crippen LogP contribution is -2.32. The molecule has 8 heteroatoms. The molecule has 0 aliphatic heterocycles. The van der Waals surface area contributed by atoms with Crippen LogP contribution in [0.2, 0.25) is 0 Å². The monoisotopic (exact) mass is 267 g/mol. The van der Waals surface area contributed by atoms with E-state index in [1.54, 1.807) is 22.2 Å². The first-order valence-electron chi connectivity index (χ1n) is 5.33. The molecule has 0 fully saturated rings. The number of hydrogen-bond acceptors (Lipinski definition) is 6. The van der Waals surface area contributed by atoms with E-state index in [2.05, 4.69) is 15.3 Å². The fourth-order valence-electron chi connectivity index (χ4n) is 1.47. The minimum absolute atomic E-state index is 0.172. The van der Waals surface area contributed by atoms with E-state index < -0.39 is 12.0 Å². The first-order valence-corrected chi connectivity index (χ1v) is 6.21. The lowest BCUT2D eigenvalue weighted by atomic mass is 10.2. The Balaban J connectivity index is 2.00. The Morgan fingerprint density at radius 1 is 1.61 bits per heavy atom. The Morgan fingerprint density at radius 2 is 2.39 bits per heavy atom. The summed E-state index contributed by atoms with van der Waals surface area (Å²) in [5.41, 5.74) is 6.91. The molecule has 0 saturated carbocycles. The van der Waals surface area contributed by atoms with Crippen LogP contribution < -0.4 is 5.73 Å². The van der Waals surface area contributed by atoms with Crippen molar-refractivity contribution in [3.63, 3.8) is 0 Å². The van der Waals surface area contributed by atoms with E-state index in [1.807, 2.05) is 12.3 Å². The molecule has 0 aliphatic rings. The summed E-state index contributed by atoms with van der Waals surface area (Å²) in [4.78, 5) is 14.9. The minimum atomic E-state index is -1.04. The van der Waals surface area contributed by atoms with Gasteiger partial charge in [-0.15, -0.1) is 16.4 Å². The van der Waals surface area contributed by atoms with Gasteiger partial charge in [0.05, 0.1) is 22.9 Å². The van der Waals surface area contributed by atoms with Crippen LogP contribution in [0.25, 0.3) is 0 Å². The molecule has 0 amide bonds. The van der Waals surface area contributed by atoms with Crippen molar-refractivity contribution in [1.82, 2.24) is 20.0 Å². The second kappa shape index (κ2) is 5.23. The van der Waals surface area contributed by atoms with Crippen molar-refractivity contribution in [2.24, 2.45) is 5.73 Å². The number of nitrogens with zero attached hydrogens (tertiary/aromatic N) is 4. The molecule has 0 aliphatic carbocycles. The highest BCUT2D eigenvalue weighted by Gasteiger charge is 2.14. The predicted octanol–water partition coefficient (Wildman–Crippen LogP) is 0.0457. The number of carboxylic acids is 1. The van der Waals surface area contributed by atoms with Gasteiger partial charge in [0, 0.05) is 18.0 Å². The van der Waals surface area contributed by atoms with Crippen LogP contribution in [0.3, 0.4) is 0 Å². The Bertz CT molecular complexity index is 550. The normalized spacial score (nSPS) is 12.6. The van der Waals surface area contributed by atoms with Crippen molar-refractivity contribution >= 4 is 17.3 Å². The van der Waals surface area contributed by atoms with Crippen LogP contribution >= 0.6 is 11.3 Å². The molecule has 2 heterocycles. The van der Waals surface area contributed by atoms with Gasteiger partial charge >= 0.3 is 5.97 Å². The lowest BCUT2D eigenvalue weighted by molar-refractivity contribution is -0.138. The second-order valence-corrected chi connectivity index (χ2v) is 4.98. The number of aryl methyl sites for hydroxylation is 1. The van der Waals surface area contributed by atoms with Crippen LogP contribution in [0.15, 0.2) is 11.6 Å². The van der Waals surface area contributed by atoms with Crippen LogP contribution in [-0.4, -0.2) is 37.1 Å². The fourth-order valence-corrected chi connectivity index (χ4v) is 2.07. The number of aliphatic carboxylic acids is 1. The third-order valence-corrected chi connectivity index (χ3v) is 3.15. The fraction of sp³-hybridized carbons (Fsp3) is 0.400. The molecular formula is C10H13N5O2S. The van der Waals surface area contributed by atoms with Gasteiger partial charge in [-0.3, -0.25) is 4.79 Å². The third-order valence-electron chi connectivity index (χ3n) is 2.32. The van der Waals surface area contributed by atoms with E-state index in [-0.39, 0.29) is 6.42 Å². The van der Waals surface area contributed by atoms with Crippen molar-refractivity contribution in [3.8, 4) is 0 Å². The predicted molar refractivity (Wildman–Crippen MR) is 65.3 cm³/mol. The van der Waals surface area contributed by atoms with Crippen LogP contribution in [0.4, 0.5) is 0 Å². The van der Waals surface area contributed by atoms with E-state index in [4.69, 9.17) is 10.8 Å². The molecule has 1 unspecified atom stereocenters. The molecule has 2 aromatic rings. The van der Waals surface area contributed by atoms with Gasteiger partial charge in [0.15, 0.2) is 0 Å². The molecule has 0 spiro atoms. The maximum Gasteiger partial charge on any atom is 0.320 e. The Kier molecular flexibility index (Phi) is 3.68. The average Bonchev–Trinajstić information content (AvgIpc) is 2.89. The molecule has 0 radical (unpaired) electrons. The zero-order valence-electron chi connectivity index (χ0n) is 9.78. The smallest absolute Gasteiger partial charge is 0.320 e. The first kappa shape index (κ1) is 12.7. The molecular weight excluding hydrogens is 254 g/mol. The molecule has 3 N–H and O–H groups in total. The molecule has 1 atom stereocenters. The highest BCUT2D eigenvalue weighted by Crippen LogP contribution is 2.09. The molecule has 0 saturated heterocycles. The molecule has 18 heavy (non-hydrogen) atoms. The summed E-state index contributed by atoms with van der Waals surface area (Å²) in [5.74, 6) is -1.04. The molecule has 7 nitrogen and oxygen atoms in total. The van der Waals surface area contributed by atoms with Gasteiger partial charge in [0.25, 0.3) is 0 Å². The minimum Gasteiger partial charge on any atom is -0.480 e. The third kappa shape index (κ3) is 3.11. The SMILES string of the molecule is Cc1nc(Cn2cc(CC(N)C(=O)O)nn2)cs1. The summed E-state index contributed by atoms with van der Waals surface area (Å²) in [6, 6.07) is -0.948. The quantitative estimate of drug-likeness (QED) is 0.792. The van der Waals surface area contributed by atoms with Crippen molar-refractivity contribution < 1.29 is 9.90 Å². The summed E-state index contributed by atoms with van der Waals surface area (Å²) in [5, 5.41) is 19.5. The van der Waals surface area contributed by atoms with Gasteiger partial charge in [-0.1, -0.05) is 5.21 Å². The number of nitrogens with two attached hydrogens (primary N) is 1. The summed E-state index contributed by atoms with van der Waals surface area (Å²) in [6.07, 6.45) is 1.86. The summed E-state index contributed by atoms with van der Waals surface area (Å²) in [7, 11) is 0. The van der Waals surface area contributed by atoms with Crippen LogP contribution in [0.5, 0.6) is 0 Å². The number of hydrogen-bond donors (Lipinski definition) is 2. The zero-order valence-corrected chi connectivity index (χ0v) is 10.6. The number of aromatic nitrogens is 4. The van der Waals surface area contributed by atoms with Crippen LogP contribution in [-0.2, 0) is 17.8 Å². The zero-order chi connectivity index (χ0) is 13.1.